The van der Waals surface area contributed by atoms with E-state index in [1.165, 1.54) is 29.4 Å². The predicted molar refractivity (Wildman–Crippen MR) is 102 cm³/mol. The highest BCUT2D eigenvalue weighted by molar-refractivity contribution is 7.99. The molecule has 0 aromatic carbocycles. The highest BCUT2D eigenvalue weighted by atomic mass is 32.2. The van der Waals surface area contributed by atoms with Gasteiger partial charge in [-0.1, -0.05) is 30.0 Å². The van der Waals surface area contributed by atoms with Crippen LogP contribution in [-0.2, 0) is 11.2 Å². The Morgan fingerprint density at radius 2 is 2.04 bits per heavy atom. The molecule has 11 heteroatoms. The number of furan rings is 1. The standard InChI is InChI=1S/C16H16N6O3S2/c1-2-4-14-21-22-16(27-14)18-12(23)9-26-13-7-6-11(19-20-13)17-15(24)10-5-3-8-25-10/h3,5-8H,2,4,9H2,1H3,(H,17,19,24)(H,18,22,23). The topological polar surface area (TPSA) is 123 Å². The van der Waals surface area contributed by atoms with Crippen LogP contribution < -0.4 is 10.6 Å². The van der Waals surface area contributed by atoms with Crippen LogP contribution in [0.1, 0.15) is 28.9 Å². The quantitative estimate of drug-likeness (QED) is 0.550. The summed E-state index contributed by atoms with van der Waals surface area (Å²) >= 11 is 2.60. The van der Waals surface area contributed by atoms with Gasteiger partial charge in [-0.05, 0) is 30.7 Å². The second-order valence-electron chi connectivity index (χ2n) is 5.28. The number of anilines is 2. The minimum Gasteiger partial charge on any atom is -0.459 e. The zero-order chi connectivity index (χ0) is 19.1. The van der Waals surface area contributed by atoms with Gasteiger partial charge in [-0.2, -0.15) is 0 Å². The Balaban J connectivity index is 1.46. The van der Waals surface area contributed by atoms with E-state index in [0.717, 1.165) is 17.8 Å². The van der Waals surface area contributed by atoms with Crippen molar-refractivity contribution in [3.8, 4) is 0 Å². The predicted octanol–water partition coefficient (Wildman–Crippen LogP) is 2.86. The fraction of sp³-hybridized carbons (Fsp3) is 0.250. The largest absolute Gasteiger partial charge is 0.459 e. The van der Waals surface area contributed by atoms with Crippen molar-refractivity contribution >= 4 is 45.9 Å². The normalized spacial score (nSPS) is 10.6. The van der Waals surface area contributed by atoms with Gasteiger partial charge >= 0.3 is 0 Å². The lowest BCUT2D eigenvalue weighted by atomic mass is 10.4. The van der Waals surface area contributed by atoms with Crippen molar-refractivity contribution in [1.29, 1.82) is 0 Å². The number of rotatable bonds is 8. The Bertz CT molecular complexity index is 895. The van der Waals surface area contributed by atoms with E-state index in [2.05, 4.69) is 38.0 Å². The number of amides is 2. The molecule has 3 aromatic rings. The SMILES string of the molecule is CCCc1nnc(NC(=O)CSc2ccc(NC(=O)c3ccco3)nn2)s1. The molecule has 0 aliphatic heterocycles. The van der Waals surface area contributed by atoms with Crippen LogP contribution in [-0.4, -0.2) is 38.0 Å². The maximum atomic E-state index is 12.0. The molecule has 0 radical (unpaired) electrons. The number of carbonyl (C=O) groups excluding carboxylic acids is 2. The highest BCUT2D eigenvalue weighted by Crippen LogP contribution is 2.19. The van der Waals surface area contributed by atoms with Gasteiger partial charge in [0.25, 0.3) is 5.91 Å². The summed E-state index contributed by atoms with van der Waals surface area (Å²) in [6.45, 7) is 2.06. The van der Waals surface area contributed by atoms with E-state index in [1.54, 1.807) is 24.3 Å². The van der Waals surface area contributed by atoms with Crippen LogP contribution in [0.25, 0.3) is 0 Å². The molecule has 3 aromatic heterocycles. The number of thioether (sulfide) groups is 1. The average Bonchev–Trinajstić information content (AvgIpc) is 3.34. The summed E-state index contributed by atoms with van der Waals surface area (Å²) < 4.78 is 5.00. The summed E-state index contributed by atoms with van der Waals surface area (Å²) in [5.74, 6) is 0.0353. The van der Waals surface area contributed by atoms with E-state index >= 15 is 0 Å². The van der Waals surface area contributed by atoms with Crippen LogP contribution in [0.5, 0.6) is 0 Å². The number of aromatic nitrogens is 4. The van der Waals surface area contributed by atoms with E-state index in [9.17, 15) is 9.59 Å². The Labute approximate surface area is 163 Å². The maximum Gasteiger partial charge on any atom is 0.292 e. The number of aryl methyl sites for hydroxylation is 1. The number of hydrogen-bond donors (Lipinski definition) is 2. The Morgan fingerprint density at radius 1 is 1.15 bits per heavy atom. The molecule has 0 fully saturated rings. The summed E-state index contributed by atoms with van der Waals surface area (Å²) in [6, 6.07) is 6.45. The van der Waals surface area contributed by atoms with E-state index in [4.69, 9.17) is 4.42 Å². The Hall–Kier alpha value is -2.79. The van der Waals surface area contributed by atoms with Crippen molar-refractivity contribution in [3.63, 3.8) is 0 Å². The van der Waals surface area contributed by atoms with Gasteiger partial charge in [0.15, 0.2) is 11.6 Å². The molecule has 2 amide bonds. The monoisotopic (exact) mass is 404 g/mol. The van der Waals surface area contributed by atoms with Crippen molar-refractivity contribution < 1.29 is 14.0 Å². The smallest absolute Gasteiger partial charge is 0.292 e. The van der Waals surface area contributed by atoms with Gasteiger partial charge in [-0.3, -0.25) is 14.9 Å². The first-order chi connectivity index (χ1) is 13.1. The molecule has 9 nitrogen and oxygen atoms in total. The molecule has 0 spiro atoms. The number of nitrogens with zero attached hydrogens (tertiary/aromatic N) is 4. The van der Waals surface area contributed by atoms with Crippen LogP contribution in [0.2, 0.25) is 0 Å². The second-order valence-corrected chi connectivity index (χ2v) is 7.33. The molecule has 0 unspecified atom stereocenters. The molecule has 3 rings (SSSR count). The van der Waals surface area contributed by atoms with Gasteiger partial charge in [0.2, 0.25) is 11.0 Å². The summed E-state index contributed by atoms with van der Waals surface area (Å²) in [6.07, 6.45) is 3.24. The van der Waals surface area contributed by atoms with Gasteiger partial charge in [0.1, 0.15) is 10.0 Å². The van der Waals surface area contributed by atoms with Crippen molar-refractivity contribution in [1.82, 2.24) is 20.4 Å². The van der Waals surface area contributed by atoms with E-state index in [1.807, 2.05) is 0 Å². The first-order valence-electron chi connectivity index (χ1n) is 8.07. The van der Waals surface area contributed by atoms with Gasteiger partial charge in [0, 0.05) is 6.42 Å². The zero-order valence-corrected chi connectivity index (χ0v) is 16.0. The van der Waals surface area contributed by atoms with Crippen molar-refractivity contribution in [2.45, 2.75) is 24.8 Å². The average molecular weight is 404 g/mol. The third kappa shape index (κ3) is 5.59. The summed E-state index contributed by atoms with van der Waals surface area (Å²) in [4.78, 5) is 23.8. The van der Waals surface area contributed by atoms with Crippen LogP contribution in [0, 0.1) is 0 Å². The fourth-order valence-electron chi connectivity index (χ4n) is 1.96. The molecule has 27 heavy (non-hydrogen) atoms. The van der Waals surface area contributed by atoms with Crippen LogP contribution >= 0.6 is 23.1 Å². The number of hydrogen-bond acceptors (Lipinski definition) is 9. The van der Waals surface area contributed by atoms with Gasteiger partial charge in [-0.25, -0.2) is 0 Å². The van der Waals surface area contributed by atoms with Crippen LogP contribution in [0.15, 0.2) is 40.0 Å². The molecule has 0 aliphatic rings. The number of carbonyl (C=O) groups is 2. The van der Waals surface area contributed by atoms with E-state index < -0.39 is 5.91 Å². The molecule has 2 N–H and O–H groups in total. The van der Waals surface area contributed by atoms with Gasteiger partial charge < -0.3 is 9.73 Å². The molecule has 0 saturated heterocycles. The van der Waals surface area contributed by atoms with Gasteiger partial charge in [-0.15, -0.1) is 20.4 Å². The fourth-order valence-corrected chi connectivity index (χ4v) is 3.43. The van der Waals surface area contributed by atoms with Crippen molar-refractivity contribution in [3.05, 3.63) is 41.3 Å². The Morgan fingerprint density at radius 3 is 2.74 bits per heavy atom. The second kappa shape index (κ2) is 9.24. The lowest BCUT2D eigenvalue weighted by Crippen LogP contribution is -2.14. The number of nitrogens with one attached hydrogen (secondary N) is 2. The third-order valence-corrected chi connectivity index (χ3v) is 4.97. The minimum atomic E-state index is -0.409. The minimum absolute atomic E-state index is 0.162. The zero-order valence-electron chi connectivity index (χ0n) is 14.3. The third-order valence-electron chi connectivity index (χ3n) is 3.15. The van der Waals surface area contributed by atoms with E-state index in [0.29, 0.717) is 16.0 Å². The molecular weight excluding hydrogens is 388 g/mol. The Kier molecular flexibility index (Phi) is 6.49. The molecule has 0 saturated carbocycles. The molecule has 0 atom stereocenters. The van der Waals surface area contributed by atoms with Gasteiger partial charge in [0.05, 0.1) is 12.0 Å². The van der Waals surface area contributed by atoms with Crippen molar-refractivity contribution in [2.75, 3.05) is 16.4 Å². The lowest BCUT2D eigenvalue weighted by molar-refractivity contribution is -0.113. The van der Waals surface area contributed by atoms with Crippen LogP contribution in [0.3, 0.4) is 0 Å². The first kappa shape index (κ1) is 19.0. The summed E-state index contributed by atoms with van der Waals surface area (Å²) in [7, 11) is 0. The maximum absolute atomic E-state index is 12.0. The van der Waals surface area contributed by atoms with Crippen LogP contribution in [0.4, 0.5) is 10.9 Å². The molecule has 140 valence electrons. The molecular formula is C16H16N6O3S2. The van der Waals surface area contributed by atoms with Crippen molar-refractivity contribution in [2.24, 2.45) is 0 Å². The molecule has 3 heterocycles. The van der Waals surface area contributed by atoms with E-state index in [-0.39, 0.29) is 17.4 Å². The highest BCUT2D eigenvalue weighted by Gasteiger charge is 2.11. The lowest BCUT2D eigenvalue weighted by Gasteiger charge is -2.03. The first-order valence-corrected chi connectivity index (χ1v) is 9.88. The summed E-state index contributed by atoms with van der Waals surface area (Å²) in [5.41, 5.74) is 0. The molecule has 0 aliphatic carbocycles. The summed E-state index contributed by atoms with van der Waals surface area (Å²) in [5, 5.41) is 23.1. The molecule has 0 bridgehead atoms.